The minimum atomic E-state index is -0.260. The lowest BCUT2D eigenvalue weighted by atomic mass is 9.78. The first kappa shape index (κ1) is 24.9. The molecule has 0 heterocycles. The Morgan fingerprint density at radius 3 is 2.20 bits per heavy atom. The Balaban J connectivity index is 1.61. The zero-order chi connectivity index (χ0) is 21.6. The van der Waals surface area contributed by atoms with E-state index in [0.717, 1.165) is 38.0 Å². The third kappa shape index (κ3) is 9.62. The molecule has 170 valence electrons. The van der Waals surface area contributed by atoms with Crippen LogP contribution < -0.4 is 4.74 Å². The topological polar surface area (TPSA) is 26.3 Å². The lowest BCUT2D eigenvalue weighted by Gasteiger charge is -2.28. The number of carbonyl (C=O) groups excluding carboxylic acids is 1. The molecular weight excluding hydrogens is 375 g/mol. The van der Waals surface area contributed by atoms with Gasteiger partial charge in [-0.05, 0) is 42.7 Å². The summed E-state index contributed by atoms with van der Waals surface area (Å²) >= 11 is 0. The summed E-state index contributed by atoms with van der Waals surface area (Å²) in [6.07, 6.45) is 18.7. The van der Waals surface area contributed by atoms with Crippen molar-refractivity contribution in [2.75, 3.05) is 0 Å². The van der Waals surface area contributed by atoms with Crippen molar-refractivity contribution < 1.29 is 13.9 Å². The fourth-order valence-electron chi connectivity index (χ4n) is 4.71. The zero-order valence-electron chi connectivity index (χ0n) is 19.4. The molecule has 0 saturated heterocycles. The van der Waals surface area contributed by atoms with Gasteiger partial charge in [0.25, 0.3) is 0 Å². The minimum Gasteiger partial charge on any atom is -0.426 e. The van der Waals surface area contributed by atoms with Crippen molar-refractivity contribution in [3.05, 3.63) is 29.6 Å². The molecule has 0 bridgehead atoms. The first-order chi connectivity index (χ1) is 14.6. The van der Waals surface area contributed by atoms with Crippen LogP contribution in [0.3, 0.4) is 0 Å². The Kier molecular flexibility index (Phi) is 12.1. The minimum absolute atomic E-state index is 0.230. The van der Waals surface area contributed by atoms with Crippen molar-refractivity contribution in [3.8, 4) is 5.75 Å². The molecule has 1 aromatic rings. The molecule has 0 atom stereocenters. The summed E-state index contributed by atoms with van der Waals surface area (Å²) in [5, 5.41) is 0. The Hall–Kier alpha value is -1.38. The summed E-state index contributed by atoms with van der Waals surface area (Å²) in [6, 6.07) is 4.86. The van der Waals surface area contributed by atoms with Crippen LogP contribution in [0.2, 0.25) is 0 Å². The zero-order valence-corrected chi connectivity index (χ0v) is 19.4. The van der Waals surface area contributed by atoms with Crippen LogP contribution >= 0.6 is 0 Å². The number of ether oxygens (including phenoxy) is 1. The molecule has 0 spiro atoms. The van der Waals surface area contributed by atoms with Gasteiger partial charge in [0, 0.05) is 12.5 Å². The largest absolute Gasteiger partial charge is 0.426 e. The van der Waals surface area contributed by atoms with E-state index in [1.165, 1.54) is 70.3 Å². The second-order valence-corrected chi connectivity index (χ2v) is 9.31. The molecule has 0 amide bonds. The van der Waals surface area contributed by atoms with Crippen molar-refractivity contribution in [1.82, 2.24) is 0 Å². The number of rotatable bonds is 14. The fraction of sp³-hybridized carbons (Fsp3) is 0.741. The molecular formula is C27H43FO2. The summed E-state index contributed by atoms with van der Waals surface area (Å²) in [5.41, 5.74) is 0.713. The predicted molar refractivity (Wildman–Crippen MR) is 123 cm³/mol. The van der Waals surface area contributed by atoms with Crippen LogP contribution in [0.4, 0.5) is 4.39 Å². The third-order valence-electron chi connectivity index (χ3n) is 6.74. The van der Waals surface area contributed by atoms with Gasteiger partial charge in [-0.2, -0.15) is 0 Å². The third-order valence-corrected chi connectivity index (χ3v) is 6.74. The second kappa shape index (κ2) is 14.6. The number of esters is 1. The Morgan fingerprint density at radius 1 is 0.900 bits per heavy atom. The summed E-state index contributed by atoms with van der Waals surface area (Å²) in [4.78, 5) is 12.2. The molecule has 0 N–H and O–H groups in total. The highest BCUT2D eigenvalue weighted by Gasteiger charge is 2.22. The summed E-state index contributed by atoms with van der Waals surface area (Å²) in [7, 11) is 0. The van der Waals surface area contributed by atoms with E-state index in [1.807, 2.05) is 0 Å². The van der Waals surface area contributed by atoms with E-state index in [2.05, 4.69) is 13.8 Å². The monoisotopic (exact) mass is 418 g/mol. The van der Waals surface area contributed by atoms with E-state index < -0.39 is 0 Å². The predicted octanol–water partition coefficient (Wildman–Crippen LogP) is 8.41. The number of halogens is 1. The standard InChI is InChI=1S/C27H43FO2/c1-3-5-7-8-10-11-22-13-15-23(16-14-22)17-20-27(29)30-25-19-18-24(26(28)21-25)12-9-6-4-2/h18-19,21-23H,3-17,20H2,1-2H3. The molecule has 1 fully saturated rings. The first-order valence-electron chi connectivity index (χ1n) is 12.6. The smallest absolute Gasteiger partial charge is 0.311 e. The van der Waals surface area contributed by atoms with Crippen molar-refractivity contribution in [1.29, 1.82) is 0 Å². The average molecular weight is 419 g/mol. The van der Waals surface area contributed by atoms with E-state index in [-0.39, 0.29) is 11.8 Å². The number of carbonyl (C=O) groups is 1. The van der Waals surface area contributed by atoms with Gasteiger partial charge in [-0.25, -0.2) is 4.39 Å². The lowest BCUT2D eigenvalue weighted by Crippen LogP contribution is -2.17. The van der Waals surface area contributed by atoms with E-state index in [4.69, 9.17) is 4.74 Å². The maximum atomic E-state index is 14.2. The highest BCUT2D eigenvalue weighted by Crippen LogP contribution is 2.34. The van der Waals surface area contributed by atoms with E-state index in [1.54, 1.807) is 12.1 Å². The van der Waals surface area contributed by atoms with Crippen LogP contribution in [-0.4, -0.2) is 5.97 Å². The molecule has 1 aliphatic carbocycles. The highest BCUT2D eigenvalue weighted by atomic mass is 19.1. The number of unbranched alkanes of at least 4 members (excludes halogenated alkanes) is 6. The van der Waals surface area contributed by atoms with Crippen molar-refractivity contribution >= 4 is 5.97 Å². The second-order valence-electron chi connectivity index (χ2n) is 9.31. The Labute approximate surface area is 184 Å². The average Bonchev–Trinajstić information content (AvgIpc) is 2.74. The van der Waals surface area contributed by atoms with Gasteiger partial charge in [-0.1, -0.05) is 97.0 Å². The molecule has 3 heteroatoms. The molecule has 30 heavy (non-hydrogen) atoms. The summed E-state index contributed by atoms with van der Waals surface area (Å²) in [5.74, 6) is 1.39. The van der Waals surface area contributed by atoms with Crippen LogP contribution in [0.5, 0.6) is 5.75 Å². The molecule has 1 saturated carbocycles. The lowest BCUT2D eigenvalue weighted by molar-refractivity contribution is -0.134. The Morgan fingerprint density at radius 2 is 1.53 bits per heavy atom. The normalized spacial score (nSPS) is 19.0. The van der Waals surface area contributed by atoms with Crippen molar-refractivity contribution in [2.24, 2.45) is 11.8 Å². The highest BCUT2D eigenvalue weighted by molar-refractivity contribution is 5.72. The summed E-state index contributed by atoms with van der Waals surface area (Å²) < 4.78 is 19.6. The van der Waals surface area contributed by atoms with Crippen molar-refractivity contribution in [2.45, 2.75) is 117 Å². The van der Waals surface area contributed by atoms with Crippen molar-refractivity contribution in [3.63, 3.8) is 0 Å². The van der Waals surface area contributed by atoms with Crippen LogP contribution in [0.15, 0.2) is 18.2 Å². The van der Waals surface area contributed by atoms with Crippen LogP contribution in [-0.2, 0) is 11.2 Å². The van der Waals surface area contributed by atoms with Gasteiger partial charge in [0.1, 0.15) is 11.6 Å². The van der Waals surface area contributed by atoms with Gasteiger partial charge < -0.3 is 4.74 Å². The van der Waals surface area contributed by atoms with Gasteiger partial charge in [0.15, 0.2) is 0 Å². The van der Waals surface area contributed by atoms with Crippen LogP contribution in [0, 0.1) is 17.7 Å². The van der Waals surface area contributed by atoms with Crippen LogP contribution in [0.25, 0.3) is 0 Å². The number of aryl methyl sites for hydroxylation is 1. The maximum Gasteiger partial charge on any atom is 0.311 e. The van der Waals surface area contributed by atoms with Gasteiger partial charge in [0.2, 0.25) is 0 Å². The van der Waals surface area contributed by atoms with Gasteiger partial charge in [-0.3, -0.25) is 4.79 Å². The molecule has 0 aliphatic heterocycles. The van der Waals surface area contributed by atoms with Gasteiger partial charge in [0.05, 0.1) is 0 Å². The van der Waals surface area contributed by atoms with E-state index >= 15 is 0 Å². The fourth-order valence-corrected chi connectivity index (χ4v) is 4.71. The van der Waals surface area contributed by atoms with Gasteiger partial charge in [-0.15, -0.1) is 0 Å². The Bertz CT molecular complexity index is 605. The molecule has 1 aromatic carbocycles. The number of hydrogen-bond donors (Lipinski definition) is 0. The quantitative estimate of drug-likeness (QED) is 0.172. The molecule has 0 unspecified atom stereocenters. The van der Waals surface area contributed by atoms with E-state index in [0.29, 0.717) is 23.7 Å². The molecule has 0 radical (unpaired) electrons. The number of hydrogen-bond acceptors (Lipinski definition) is 2. The molecule has 2 rings (SSSR count). The number of benzene rings is 1. The molecule has 2 nitrogen and oxygen atoms in total. The first-order valence-corrected chi connectivity index (χ1v) is 12.6. The SMILES string of the molecule is CCCCCCCC1CCC(CCC(=O)Oc2ccc(CCCCC)c(F)c2)CC1. The molecule has 0 aromatic heterocycles. The maximum absolute atomic E-state index is 14.2. The van der Waals surface area contributed by atoms with Crippen LogP contribution in [0.1, 0.15) is 116 Å². The summed E-state index contributed by atoms with van der Waals surface area (Å²) in [6.45, 7) is 4.40. The van der Waals surface area contributed by atoms with E-state index in [9.17, 15) is 9.18 Å². The van der Waals surface area contributed by atoms with Gasteiger partial charge >= 0.3 is 5.97 Å². The molecule has 1 aliphatic rings.